The van der Waals surface area contributed by atoms with E-state index in [0.29, 0.717) is 5.16 Å². The van der Waals surface area contributed by atoms with Crippen LogP contribution in [0.4, 0.5) is 4.79 Å². The maximum Gasteiger partial charge on any atom is 0.288 e. The second kappa shape index (κ2) is 8.57. The number of amides is 3. The molecular weight excluding hydrogens is 386 g/mol. The lowest BCUT2D eigenvalue weighted by molar-refractivity contribution is -0.125. The van der Waals surface area contributed by atoms with E-state index in [1.54, 1.807) is 6.92 Å². The Kier molecular flexibility index (Phi) is 6.17. The van der Waals surface area contributed by atoms with Crippen molar-refractivity contribution in [3.8, 4) is 5.69 Å². The molecule has 27 heavy (non-hydrogen) atoms. The normalized spacial score (nSPS) is 15.3. The first-order chi connectivity index (χ1) is 13.0. The number of thioether (sulfide) groups is 2. The zero-order valence-electron chi connectivity index (χ0n) is 14.9. The van der Waals surface area contributed by atoms with Crippen LogP contribution >= 0.6 is 23.5 Å². The number of nitrogens with zero attached hydrogens (tertiary/aromatic N) is 4. The molecule has 1 aromatic heterocycles. The van der Waals surface area contributed by atoms with E-state index in [0.717, 1.165) is 28.2 Å². The highest BCUT2D eigenvalue weighted by molar-refractivity contribution is 8.14. The molecule has 2 heterocycles. The van der Waals surface area contributed by atoms with Crippen LogP contribution in [-0.4, -0.2) is 60.8 Å². The predicted molar refractivity (Wildman–Crippen MR) is 104 cm³/mol. The van der Waals surface area contributed by atoms with E-state index in [9.17, 15) is 14.4 Å². The molecule has 10 heteroatoms. The molecule has 1 atom stereocenters. The van der Waals surface area contributed by atoms with Crippen LogP contribution in [0, 0.1) is 6.92 Å². The number of rotatable bonds is 7. The molecule has 0 unspecified atom stereocenters. The van der Waals surface area contributed by atoms with Crippen molar-refractivity contribution in [3.05, 3.63) is 36.2 Å². The molecule has 3 amide bonds. The Balaban J connectivity index is 1.58. The van der Waals surface area contributed by atoms with Gasteiger partial charge in [0, 0.05) is 18.8 Å². The number of aromatic nitrogens is 3. The Bertz CT molecular complexity index is 840. The number of imide groups is 1. The maximum atomic E-state index is 12.4. The number of benzene rings is 1. The number of carbonyl (C=O) groups is 3. The highest BCUT2D eigenvalue weighted by atomic mass is 32.2. The van der Waals surface area contributed by atoms with Crippen LogP contribution in [0.25, 0.3) is 5.69 Å². The van der Waals surface area contributed by atoms with Crippen molar-refractivity contribution in [1.29, 1.82) is 0 Å². The second-order valence-corrected chi connectivity index (χ2v) is 8.09. The summed E-state index contributed by atoms with van der Waals surface area (Å²) in [5, 5.41) is 11.0. The molecule has 142 valence electrons. The third kappa shape index (κ3) is 4.51. The van der Waals surface area contributed by atoms with Gasteiger partial charge in [-0.15, -0.1) is 10.2 Å². The van der Waals surface area contributed by atoms with Crippen LogP contribution in [0.1, 0.15) is 12.7 Å². The van der Waals surface area contributed by atoms with Gasteiger partial charge in [0.25, 0.3) is 5.24 Å². The van der Waals surface area contributed by atoms with Gasteiger partial charge in [-0.25, -0.2) is 0 Å². The first kappa shape index (κ1) is 19.4. The molecule has 0 bridgehead atoms. The Morgan fingerprint density at radius 3 is 2.70 bits per heavy atom. The number of aryl methyl sites for hydroxylation is 1. The van der Waals surface area contributed by atoms with Gasteiger partial charge in [0.2, 0.25) is 11.8 Å². The molecule has 1 aliphatic heterocycles. The van der Waals surface area contributed by atoms with Gasteiger partial charge >= 0.3 is 0 Å². The fourth-order valence-electron chi connectivity index (χ4n) is 2.54. The largest absolute Gasteiger partial charge is 0.353 e. The van der Waals surface area contributed by atoms with Gasteiger partial charge in [0.05, 0.1) is 11.0 Å². The molecule has 8 nitrogen and oxygen atoms in total. The fourth-order valence-corrected chi connectivity index (χ4v) is 4.23. The lowest BCUT2D eigenvalue weighted by Gasteiger charge is -2.15. The summed E-state index contributed by atoms with van der Waals surface area (Å²) in [6.07, 6.45) is 0. The van der Waals surface area contributed by atoms with E-state index in [-0.39, 0.29) is 35.9 Å². The lowest BCUT2D eigenvalue weighted by atomic mass is 10.3. The first-order valence-electron chi connectivity index (χ1n) is 8.36. The van der Waals surface area contributed by atoms with Gasteiger partial charge in [-0.2, -0.15) is 0 Å². The van der Waals surface area contributed by atoms with Crippen LogP contribution in [-0.2, 0) is 9.59 Å². The molecule has 1 fully saturated rings. The van der Waals surface area contributed by atoms with Crippen molar-refractivity contribution >= 4 is 40.6 Å². The van der Waals surface area contributed by atoms with Gasteiger partial charge in [-0.1, -0.05) is 41.7 Å². The molecule has 0 aliphatic carbocycles. The van der Waals surface area contributed by atoms with E-state index in [2.05, 4.69) is 15.5 Å². The van der Waals surface area contributed by atoms with Crippen molar-refractivity contribution < 1.29 is 14.4 Å². The number of hydrogen-bond acceptors (Lipinski definition) is 7. The van der Waals surface area contributed by atoms with E-state index < -0.39 is 5.25 Å². The monoisotopic (exact) mass is 405 g/mol. The van der Waals surface area contributed by atoms with Gasteiger partial charge < -0.3 is 5.32 Å². The highest BCUT2D eigenvalue weighted by Crippen LogP contribution is 2.25. The van der Waals surface area contributed by atoms with Crippen molar-refractivity contribution in [3.63, 3.8) is 0 Å². The van der Waals surface area contributed by atoms with Crippen molar-refractivity contribution in [2.75, 3.05) is 18.8 Å². The van der Waals surface area contributed by atoms with Gasteiger partial charge in [-0.3, -0.25) is 23.9 Å². The smallest absolute Gasteiger partial charge is 0.288 e. The van der Waals surface area contributed by atoms with E-state index in [4.69, 9.17) is 0 Å². The first-order valence-corrected chi connectivity index (χ1v) is 10.2. The molecule has 1 N–H and O–H groups in total. The summed E-state index contributed by atoms with van der Waals surface area (Å²) in [5.41, 5.74) is 0.929. The van der Waals surface area contributed by atoms with Gasteiger partial charge in [0.1, 0.15) is 5.82 Å². The molecule has 3 rings (SSSR count). The van der Waals surface area contributed by atoms with Crippen molar-refractivity contribution in [2.24, 2.45) is 0 Å². The third-order valence-corrected chi connectivity index (χ3v) is 5.84. The standard InChI is InChI=1S/C17H19N5O3S2/c1-11(15(24)18-8-9-21-14(23)10-26-17(21)25)27-16-20-19-12(2)22(16)13-6-4-3-5-7-13/h3-7,11H,8-10H2,1-2H3,(H,18,24)/t11-/m1/s1. The molecule has 2 aromatic rings. The molecular formula is C17H19N5O3S2. The van der Waals surface area contributed by atoms with E-state index in [1.165, 1.54) is 11.8 Å². The fraction of sp³-hybridized carbons (Fsp3) is 0.353. The lowest BCUT2D eigenvalue weighted by Crippen LogP contribution is -2.39. The summed E-state index contributed by atoms with van der Waals surface area (Å²) in [5.74, 6) is 0.507. The van der Waals surface area contributed by atoms with Crippen LogP contribution < -0.4 is 5.32 Å². The topological polar surface area (TPSA) is 97.2 Å². The zero-order chi connectivity index (χ0) is 19.4. The predicted octanol–water partition coefficient (Wildman–Crippen LogP) is 1.87. The van der Waals surface area contributed by atoms with Crippen LogP contribution in [0.2, 0.25) is 0 Å². The molecule has 1 saturated heterocycles. The van der Waals surface area contributed by atoms with E-state index >= 15 is 0 Å². The van der Waals surface area contributed by atoms with Gasteiger partial charge in [0.15, 0.2) is 5.16 Å². The number of para-hydroxylation sites is 1. The van der Waals surface area contributed by atoms with Gasteiger partial charge in [-0.05, 0) is 26.0 Å². The minimum Gasteiger partial charge on any atom is -0.353 e. The van der Waals surface area contributed by atoms with E-state index in [1.807, 2.05) is 41.8 Å². The molecule has 0 spiro atoms. The Morgan fingerprint density at radius 2 is 2.04 bits per heavy atom. The molecule has 0 saturated carbocycles. The summed E-state index contributed by atoms with van der Waals surface area (Å²) in [4.78, 5) is 36.6. The molecule has 1 aromatic carbocycles. The van der Waals surface area contributed by atoms with Crippen LogP contribution in [0.5, 0.6) is 0 Å². The van der Waals surface area contributed by atoms with Crippen molar-refractivity contribution in [2.45, 2.75) is 24.3 Å². The third-order valence-electron chi connectivity index (χ3n) is 3.94. The Hall–Kier alpha value is -2.33. The van der Waals surface area contributed by atoms with Crippen LogP contribution in [0.15, 0.2) is 35.5 Å². The highest BCUT2D eigenvalue weighted by Gasteiger charge is 2.29. The number of hydrogen-bond donors (Lipinski definition) is 1. The summed E-state index contributed by atoms with van der Waals surface area (Å²) < 4.78 is 1.90. The summed E-state index contributed by atoms with van der Waals surface area (Å²) in [6, 6.07) is 9.69. The quantitative estimate of drug-likeness (QED) is 0.702. The zero-order valence-corrected chi connectivity index (χ0v) is 16.5. The second-order valence-electron chi connectivity index (χ2n) is 5.85. The molecule has 1 aliphatic rings. The number of nitrogens with one attached hydrogen (secondary N) is 1. The summed E-state index contributed by atoms with van der Waals surface area (Å²) in [6.45, 7) is 4.05. The SMILES string of the molecule is Cc1nnc(S[C@H](C)C(=O)NCCN2C(=O)CSC2=O)n1-c1ccccc1. The number of carbonyl (C=O) groups excluding carboxylic acids is 3. The Morgan fingerprint density at radius 1 is 1.30 bits per heavy atom. The minimum absolute atomic E-state index is 0.174. The molecule has 0 radical (unpaired) electrons. The average molecular weight is 406 g/mol. The maximum absolute atomic E-state index is 12.4. The Labute approximate surface area is 165 Å². The average Bonchev–Trinajstić information content (AvgIpc) is 3.18. The summed E-state index contributed by atoms with van der Waals surface area (Å²) in [7, 11) is 0. The summed E-state index contributed by atoms with van der Waals surface area (Å²) >= 11 is 2.29. The minimum atomic E-state index is -0.407. The van der Waals surface area contributed by atoms with Crippen molar-refractivity contribution in [1.82, 2.24) is 25.0 Å². The van der Waals surface area contributed by atoms with Crippen LogP contribution in [0.3, 0.4) is 0 Å².